The minimum absolute atomic E-state index is 0.0250. The highest BCUT2D eigenvalue weighted by Gasteiger charge is 2.47. The van der Waals surface area contributed by atoms with Crippen LogP contribution >= 0.6 is 7.60 Å². The van der Waals surface area contributed by atoms with E-state index in [0.29, 0.717) is 13.0 Å². The van der Waals surface area contributed by atoms with Crippen LogP contribution in [0, 0.1) is 41.4 Å². The van der Waals surface area contributed by atoms with Crippen LogP contribution in [0.3, 0.4) is 0 Å². The van der Waals surface area contributed by atoms with Gasteiger partial charge in [0.1, 0.15) is 60.4 Å². The van der Waals surface area contributed by atoms with E-state index in [-0.39, 0.29) is 81.7 Å². The second kappa shape index (κ2) is 41.4. The van der Waals surface area contributed by atoms with E-state index >= 15 is 19.2 Å². The molecule has 12 unspecified atom stereocenters. The largest absolute Gasteiger partial charge is 0.412 e. The zero-order chi connectivity index (χ0) is 75.9. The summed E-state index contributed by atoms with van der Waals surface area (Å²) in [6.45, 7) is 38.2. The second-order valence-electron chi connectivity index (χ2n) is 30.2. The smallest absolute Gasteiger partial charge is 0.331 e. The first-order valence-corrected chi connectivity index (χ1v) is 40.6. The van der Waals surface area contributed by atoms with Gasteiger partial charge in [0.2, 0.25) is 65.0 Å². The van der Waals surface area contributed by atoms with Crippen LogP contribution in [0.15, 0.2) is 0 Å². The summed E-state index contributed by atoms with van der Waals surface area (Å²) >= 11 is 0. The molecule has 0 aliphatic carbocycles. The van der Waals surface area contributed by atoms with Crippen LogP contribution < -0.4 is 26.6 Å². The first-order chi connectivity index (χ1) is 45.2. The number of hydrogen-bond acceptors (Lipinski definition) is 16. The summed E-state index contributed by atoms with van der Waals surface area (Å²) in [5.41, 5.74) is 0. The van der Waals surface area contributed by atoms with Crippen LogP contribution in [0.25, 0.3) is 0 Å². The molecule has 1 aliphatic rings. The molecule has 1 heterocycles. The van der Waals surface area contributed by atoms with Gasteiger partial charge in [-0.25, -0.2) is 0 Å². The molecule has 11 amide bonds. The Morgan fingerprint density at radius 1 is 0.480 bits per heavy atom. The highest BCUT2D eigenvalue weighted by atomic mass is 31.2. The van der Waals surface area contributed by atoms with Crippen LogP contribution in [0.4, 0.5) is 0 Å². The van der Waals surface area contributed by atoms with E-state index in [4.69, 9.17) is 13.5 Å². The molecule has 98 heavy (non-hydrogen) atoms. The van der Waals surface area contributed by atoms with Gasteiger partial charge >= 0.3 is 7.60 Å². The zero-order valence-corrected chi connectivity index (χ0v) is 67.0. The van der Waals surface area contributed by atoms with Crippen molar-refractivity contribution in [3.05, 3.63) is 0 Å². The first-order valence-electron chi connectivity index (χ1n) is 35.5. The van der Waals surface area contributed by atoms with Gasteiger partial charge in [-0.3, -0.25) is 57.3 Å². The number of carbonyl (C=O) groups is 11. The van der Waals surface area contributed by atoms with Gasteiger partial charge in [-0.1, -0.05) is 96.9 Å². The van der Waals surface area contributed by atoms with Gasteiger partial charge in [0.25, 0.3) is 0 Å². The topological polar surface area (TPSA) is 315 Å². The lowest BCUT2D eigenvalue weighted by molar-refractivity contribution is -0.157. The second-order valence-corrected chi connectivity index (χ2v) is 36.8. The highest BCUT2D eigenvalue weighted by Crippen LogP contribution is 2.47. The Labute approximate surface area is 589 Å². The Bertz CT molecular complexity index is 2690. The van der Waals surface area contributed by atoms with Gasteiger partial charge in [0, 0.05) is 55.9 Å². The van der Waals surface area contributed by atoms with Gasteiger partial charge in [-0.2, -0.15) is 0 Å². The molecule has 0 bridgehead atoms. The van der Waals surface area contributed by atoms with E-state index in [1.807, 2.05) is 82.0 Å². The lowest BCUT2D eigenvalue weighted by Gasteiger charge is -2.43. The molecule has 0 aromatic heterocycles. The molecular formula is C69H131N12O15PSi. The van der Waals surface area contributed by atoms with Gasteiger partial charge in [0.05, 0.1) is 32.0 Å². The maximum Gasteiger partial charge on any atom is 0.331 e. The highest BCUT2D eigenvalue weighted by molar-refractivity contribution is 7.53. The molecule has 1 aliphatic heterocycles. The number of nitrogens with one attached hydrogen (secondary N) is 5. The summed E-state index contributed by atoms with van der Waals surface area (Å²) in [6, 6.07) is -12.3. The Balaban J connectivity index is 4.50. The lowest BCUT2D eigenvalue weighted by atomic mass is 9.91. The SMILES string of the molecule is CCOP(=O)(CCNCCC(C)C(O[Si](C)(C)C)C1C(=O)NC(CC)C(=O)N(C)CC(=O)N(C)C(CC(C)C)C(=O)NC(C(C)C)C(=O)N(C)C(CC(C)C)C(=O)NC(C)C(=O)NC(C)C(=O)N(C)C(CC(C)C)C(=O)N(C)C(CC(C)C)C(=O)N(C)C(C(C)C)C(=O)N1C)OCC. The first kappa shape index (κ1) is 90.5. The number of amides is 11. The molecule has 1 fully saturated rings. The molecule has 5 N–H and O–H groups in total. The average Bonchev–Trinajstić information content (AvgIpc) is 0.799. The molecule has 0 aromatic rings. The monoisotopic (exact) mass is 1430 g/mol. The summed E-state index contributed by atoms with van der Waals surface area (Å²) in [4.78, 5) is 172. The molecular weight excluding hydrogens is 1300 g/mol. The molecule has 0 radical (unpaired) electrons. The van der Waals surface area contributed by atoms with Crippen LogP contribution in [0.5, 0.6) is 0 Å². The van der Waals surface area contributed by atoms with Crippen molar-refractivity contribution >= 4 is 80.9 Å². The van der Waals surface area contributed by atoms with Gasteiger partial charge < -0.3 is 74.4 Å². The number of rotatable bonds is 25. The van der Waals surface area contributed by atoms with E-state index in [0.717, 1.165) is 4.90 Å². The molecule has 1 saturated heterocycles. The van der Waals surface area contributed by atoms with Crippen molar-refractivity contribution < 1.29 is 70.8 Å². The standard InChI is InChI=1S/C69H131N12O15PSi/c1-29-50-65(88)75(19)40-55(82)76(20)51(36-41(4)5)62(85)74-56(45(12)13)68(91)77(21)52(37-42(6)7)61(84)71-48(17)60(83)72-49(18)64(87)78(22)53(38-43(8)9)66(89)79(23)54(39-44(10)11)67(90)80(24)57(46(14)15)69(92)81(25)58(63(86)73-50)59(96-98(26,27)28)47(16)32-33-70-34-35-97(93,94-30-2)95-31-3/h41-54,56-59,70H,29-40H2,1-28H3,(H,71,84)(H,72,83)(H,73,86)(H,74,85). The number of carbonyl (C=O) groups excluding carboxylic acids is 11. The molecule has 12 atom stereocenters. The predicted octanol–water partition coefficient (Wildman–Crippen LogP) is 5.41. The molecule has 0 saturated carbocycles. The van der Waals surface area contributed by atoms with Crippen molar-refractivity contribution in [2.75, 3.05) is 88.3 Å². The molecule has 566 valence electrons. The summed E-state index contributed by atoms with van der Waals surface area (Å²) in [6.07, 6.45) is 0.0363. The number of nitrogens with zero attached hydrogens (tertiary/aromatic N) is 7. The minimum atomic E-state index is -3.39. The minimum Gasteiger partial charge on any atom is -0.412 e. The van der Waals surface area contributed by atoms with Crippen LogP contribution in [0.1, 0.15) is 163 Å². The van der Waals surface area contributed by atoms with Crippen LogP contribution in [-0.4, -0.2) is 262 Å². The summed E-state index contributed by atoms with van der Waals surface area (Å²) in [5.74, 6) is -9.50. The maximum absolute atomic E-state index is 15.8. The van der Waals surface area contributed by atoms with Crippen molar-refractivity contribution in [3.8, 4) is 0 Å². The Hall–Kier alpha value is -5.54. The van der Waals surface area contributed by atoms with E-state index in [1.165, 1.54) is 92.6 Å². The molecule has 0 aromatic carbocycles. The van der Waals surface area contributed by atoms with Crippen molar-refractivity contribution in [3.63, 3.8) is 0 Å². The molecule has 27 nitrogen and oxygen atoms in total. The van der Waals surface area contributed by atoms with E-state index in [9.17, 15) is 38.1 Å². The third-order valence-electron chi connectivity index (χ3n) is 17.8. The Morgan fingerprint density at radius 2 is 0.908 bits per heavy atom. The fourth-order valence-electron chi connectivity index (χ4n) is 12.2. The Kier molecular flexibility index (Phi) is 38.2. The van der Waals surface area contributed by atoms with E-state index in [2.05, 4.69) is 26.6 Å². The van der Waals surface area contributed by atoms with E-state index in [1.54, 1.807) is 48.5 Å². The normalized spacial score (nSPS) is 25.2. The molecule has 29 heteroatoms. The number of hydrogen-bond donors (Lipinski definition) is 5. The summed E-state index contributed by atoms with van der Waals surface area (Å²) < 4.78 is 31.4. The van der Waals surface area contributed by atoms with Crippen molar-refractivity contribution in [1.29, 1.82) is 0 Å². The third kappa shape index (κ3) is 27.4. The van der Waals surface area contributed by atoms with Crippen molar-refractivity contribution in [2.24, 2.45) is 41.4 Å². The predicted molar refractivity (Wildman–Crippen MR) is 384 cm³/mol. The van der Waals surface area contributed by atoms with E-state index < -0.39 is 172 Å². The molecule has 0 spiro atoms. The van der Waals surface area contributed by atoms with Gasteiger partial charge in [-0.15, -0.1) is 0 Å². The lowest BCUT2D eigenvalue weighted by Crippen LogP contribution is -2.64. The van der Waals surface area contributed by atoms with Crippen LogP contribution in [-0.2, 0) is 70.8 Å². The summed E-state index contributed by atoms with van der Waals surface area (Å²) in [5, 5.41) is 14.5. The third-order valence-corrected chi connectivity index (χ3v) is 20.8. The average molecular weight is 1430 g/mol. The fourth-order valence-corrected chi connectivity index (χ4v) is 14.9. The van der Waals surface area contributed by atoms with Crippen molar-refractivity contribution in [1.82, 2.24) is 60.9 Å². The van der Waals surface area contributed by atoms with Crippen molar-refractivity contribution in [2.45, 2.75) is 249 Å². The Morgan fingerprint density at radius 3 is 1.36 bits per heavy atom. The number of likely N-dealkylation sites (N-methyl/N-ethyl adjacent to an activating group) is 7. The molecule has 1 rings (SSSR count). The fraction of sp³-hybridized carbons (Fsp3) is 0.841. The van der Waals surface area contributed by atoms with Gasteiger partial charge in [0.15, 0.2) is 8.32 Å². The quantitative estimate of drug-likeness (QED) is 0.0434. The summed E-state index contributed by atoms with van der Waals surface area (Å²) in [7, 11) is 4.06. The van der Waals surface area contributed by atoms with Gasteiger partial charge in [-0.05, 0) is 134 Å². The zero-order valence-electron chi connectivity index (χ0n) is 65.1. The maximum atomic E-state index is 15.8. The van der Waals surface area contributed by atoms with Crippen LogP contribution in [0.2, 0.25) is 19.6 Å².